The minimum absolute atomic E-state index is 0.113. The second kappa shape index (κ2) is 5.73. The molecule has 6 heteroatoms. The third-order valence-electron chi connectivity index (χ3n) is 3.11. The summed E-state index contributed by atoms with van der Waals surface area (Å²) in [4.78, 5) is 18.2. The van der Waals surface area contributed by atoms with E-state index in [0.29, 0.717) is 29.4 Å². The van der Waals surface area contributed by atoms with Crippen LogP contribution in [0.4, 0.5) is 0 Å². The highest BCUT2D eigenvalue weighted by Crippen LogP contribution is 2.21. The minimum atomic E-state index is -0.164. The fraction of sp³-hybridized carbons (Fsp3) is 0.357. The average molecular weight is 275 g/mol. The lowest BCUT2D eigenvalue weighted by Crippen LogP contribution is -2.31. The van der Waals surface area contributed by atoms with Crippen molar-refractivity contribution in [1.29, 1.82) is 0 Å². The van der Waals surface area contributed by atoms with E-state index in [-0.39, 0.29) is 18.2 Å². The van der Waals surface area contributed by atoms with E-state index in [1.54, 1.807) is 36.9 Å². The molecule has 106 valence electrons. The number of rotatable bonds is 4. The van der Waals surface area contributed by atoms with Crippen LogP contribution in [-0.2, 0) is 6.54 Å². The SMILES string of the molecule is CCN(Cc1noc(C)n1)C(=O)c1cccc(O)c1C. The van der Waals surface area contributed by atoms with Crippen molar-refractivity contribution in [1.82, 2.24) is 15.0 Å². The molecule has 0 saturated heterocycles. The summed E-state index contributed by atoms with van der Waals surface area (Å²) in [5, 5.41) is 13.5. The van der Waals surface area contributed by atoms with E-state index >= 15 is 0 Å². The van der Waals surface area contributed by atoms with Gasteiger partial charge in [-0.05, 0) is 26.0 Å². The van der Waals surface area contributed by atoms with Crippen LogP contribution >= 0.6 is 0 Å². The van der Waals surface area contributed by atoms with Crippen LogP contribution in [0.3, 0.4) is 0 Å². The first kappa shape index (κ1) is 14.0. The number of benzene rings is 1. The molecule has 1 aromatic heterocycles. The topological polar surface area (TPSA) is 79.5 Å². The second-order valence-corrected chi connectivity index (χ2v) is 4.50. The molecule has 0 saturated carbocycles. The first-order chi connectivity index (χ1) is 9.52. The number of amides is 1. The van der Waals surface area contributed by atoms with Crippen molar-refractivity contribution in [2.45, 2.75) is 27.3 Å². The van der Waals surface area contributed by atoms with Gasteiger partial charge in [-0.25, -0.2) is 0 Å². The molecule has 0 radical (unpaired) electrons. The lowest BCUT2D eigenvalue weighted by atomic mass is 10.1. The molecule has 0 spiro atoms. The van der Waals surface area contributed by atoms with E-state index in [4.69, 9.17) is 4.52 Å². The maximum Gasteiger partial charge on any atom is 0.254 e. The summed E-state index contributed by atoms with van der Waals surface area (Å²) >= 11 is 0. The largest absolute Gasteiger partial charge is 0.508 e. The van der Waals surface area contributed by atoms with Crippen LogP contribution in [0.15, 0.2) is 22.7 Å². The molecule has 0 aliphatic rings. The highest BCUT2D eigenvalue weighted by Gasteiger charge is 2.19. The van der Waals surface area contributed by atoms with Crippen molar-refractivity contribution in [2.75, 3.05) is 6.54 Å². The third-order valence-corrected chi connectivity index (χ3v) is 3.11. The van der Waals surface area contributed by atoms with Crippen molar-refractivity contribution in [2.24, 2.45) is 0 Å². The number of phenols is 1. The molecule has 2 aromatic rings. The van der Waals surface area contributed by atoms with Gasteiger partial charge in [-0.1, -0.05) is 11.2 Å². The van der Waals surface area contributed by atoms with Gasteiger partial charge >= 0.3 is 0 Å². The van der Waals surface area contributed by atoms with Gasteiger partial charge in [-0.15, -0.1) is 0 Å². The fourth-order valence-electron chi connectivity index (χ4n) is 1.93. The molecule has 0 aliphatic carbocycles. The van der Waals surface area contributed by atoms with E-state index in [9.17, 15) is 9.90 Å². The standard InChI is InChI=1S/C14H17N3O3/c1-4-17(8-13-15-10(3)20-16-13)14(19)11-6-5-7-12(18)9(11)2/h5-7,18H,4,8H2,1-3H3. The van der Waals surface area contributed by atoms with E-state index in [2.05, 4.69) is 10.1 Å². The Hall–Kier alpha value is -2.37. The molecule has 1 heterocycles. The minimum Gasteiger partial charge on any atom is -0.508 e. The van der Waals surface area contributed by atoms with Gasteiger partial charge in [-0.2, -0.15) is 4.98 Å². The first-order valence-corrected chi connectivity index (χ1v) is 6.40. The van der Waals surface area contributed by atoms with Gasteiger partial charge in [0.1, 0.15) is 5.75 Å². The Balaban J connectivity index is 2.23. The Kier molecular flexibility index (Phi) is 4.02. The van der Waals surface area contributed by atoms with Crippen LogP contribution in [0.1, 0.15) is 34.6 Å². The monoisotopic (exact) mass is 275 g/mol. The summed E-state index contributed by atoms with van der Waals surface area (Å²) in [6.45, 7) is 6.09. The number of aromatic nitrogens is 2. The number of aromatic hydroxyl groups is 1. The van der Waals surface area contributed by atoms with Crippen LogP contribution in [0, 0.1) is 13.8 Å². The Morgan fingerprint density at radius 2 is 2.15 bits per heavy atom. The summed E-state index contributed by atoms with van der Waals surface area (Å²) < 4.78 is 4.90. The van der Waals surface area contributed by atoms with Crippen molar-refractivity contribution >= 4 is 5.91 Å². The normalized spacial score (nSPS) is 10.6. The Labute approximate surface area is 117 Å². The molecule has 20 heavy (non-hydrogen) atoms. The number of aryl methyl sites for hydroxylation is 1. The van der Waals surface area contributed by atoms with Crippen LogP contribution in [0.2, 0.25) is 0 Å². The molecule has 6 nitrogen and oxygen atoms in total. The molecule has 2 rings (SSSR count). The molecule has 1 N–H and O–H groups in total. The molecule has 0 aliphatic heterocycles. The van der Waals surface area contributed by atoms with E-state index in [1.807, 2.05) is 6.92 Å². The lowest BCUT2D eigenvalue weighted by Gasteiger charge is -2.20. The van der Waals surface area contributed by atoms with Crippen LogP contribution in [-0.4, -0.2) is 32.6 Å². The van der Waals surface area contributed by atoms with Gasteiger partial charge in [0.25, 0.3) is 5.91 Å². The molecule has 0 bridgehead atoms. The van der Waals surface area contributed by atoms with Crippen molar-refractivity contribution in [3.8, 4) is 5.75 Å². The first-order valence-electron chi connectivity index (χ1n) is 6.40. The zero-order chi connectivity index (χ0) is 14.7. The van der Waals surface area contributed by atoms with Crippen molar-refractivity contribution in [3.63, 3.8) is 0 Å². The summed E-state index contributed by atoms with van der Waals surface area (Å²) in [5.41, 5.74) is 1.05. The second-order valence-electron chi connectivity index (χ2n) is 4.50. The van der Waals surface area contributed by atoms with Gasteiger partial charge in [0, 0.05) is 24.6 Å². The number of carbonyl (C=O) groups is 1. The summed E-state index contributed by atoms with van der Waals surface area (Å²) in [6.07, 6.45) is 0. The predicted octanol–water partition coefficient (Wildman–Crippen LogP) is 2.05. The fourth-order valence-corrected chi connectivity index (χ4v) is 1.93. The highest BCUT2D eigenvalue weighted by atomic mass is 16.5. The maximum absolute atomic E-state index is 12.5. The number of nitrogens with zero attached hydrogens (tertiary/aromatic N) is 3. The van der Waals surface area contributed by atoms with Gasteiger partial charge in [0.2, 0.25) is 5.89 Å². The highest BCUT2D eigenvalue weighted by molar-refractivity contribution is 5.96. The lowest BCUT2D eigenvalue weighted by molar-refractivity contribution is 0.0746. The van der Waals surface area contributed by atoms with E-state index in [1.165, 1.54) is 0 Å². The molecular weight excluding hydrogens is 258 g/mol. The van der Waals surface area contributed by atoms with E-state index in [0.717, 1.165) is 0 Å². The van der Waals surface area contributed by atoms with Gasteiger partial charge in [0.15, 0.2) is 5.82 Å². The van der Waals surface area contributed by atoms with Gasteiger partial charge < -0.3 is 14.5 Å². The van der Waals surface area contributed by atoms with E-state index < -0.39 is 0 Å². The van der Waals surface area contributed by atoms with Crippen LogP contribution in [0.25, 0.3) is 0 Å². The zero-order valence-electron chi connectivity index (χ0n) is 11.8. The molecule has 0 unspecified atom stereocenters. The Bertz CT molecular complexity index is 622. The molecule has 0 atom stereocenters. The number of phenolic OH excluding ortho intramolecular Hbond substituents is 1. The summed E-state index contributed by atoms with van der Waals surface area (Å²) in [5.74, 6) is 0.887. The summed E-state index contributed by atoms with van der Waals surface area (Å²) in [7, 11) is 0. The molecule has 0 fully saturated rings. The Morgan fingerprint density at radius 3 is 2.75 bits per heavy atom. The van der Waals surface area contributed by atoms with Gasteiger partial charge in [0.05, 0.1) is 6.54 Å². The smallest absolute Gasteiger partial charge is 0.254 e. The molecule has 1 amide bonds. The quantitative estimate of drug-likeness (QED) is 0.923. The molecular formula is C14H17N3O3. The van der Waals surface area contributed by atoms with Crippen LogP contribution < -0.4 is 0 Å². The van der Waals surface area contributed by atoms with Crippen molar-refractivity contribution in [3.05, 3.63) is 41.0 Å². The molecule has 1 aromatic carbocycles. The zero-order valence-corrected chi connectivity index (χ0v) is 11.8. The third kappa shape index (κ3) is 2.79. The number of hydrogen-bond donors (Lipinski definition) is 1. The Morgan fingerprint density at radius 1 is 1.40 bits per heavy atom. The number of carbonyl (C=O) groups excluding carboxylic acids is 1. The average Bonchev–Trinajstić information content (AvgIpc) is 2.84. The summed E-state index contributed by atoms with van der Waals surface area (Å²) in [6, 6.07) is 4.91. The van der Waals surface area contributed by atoms with Crippen molar-refractivity contribution < 1.29 is 14.4 Å². The van der Waals surface area contributed by atoms with Gasteiger partial charge in [-0.3, -0.25) is 4.79 Å². The maximum atomic E-state index is 12.5. The predicted molar refractivity (Wildman–Crippen MR) is 72.3 cm³/mol. The van der Waals surface area contributed by atoms with Crippen LogP contribution in [0.5, 0.6) is 5.75 Å². The number of hydrogen-bond acceptors (Lipinski definition) is 5.